The van der Waals surface area contributed by atoms with Crippen molar-refractivity contribution in [2.75, 3.05) is 12.4 Å². The first kappa shape index (κ1) is 15.8. The highest BCUT2D eigenvalue weighted by Crippen LogP contribution is 2.22. The van der Waals surface area contributed by atoms with E-state index in [9.17, 15) is 4.39 Å². The van der Waals surface area contributed by atoms with Crippen molar-refractivity contribution in [3.63, 3.8) is 0 Å². The number of aromatic amines is 1. The van der Waals surface area contributed by atoms with Gasteiger partial charge in [0, 0.05) is 10.8 Å². The number of hydrogen-bond donors (Lipinski definition) is 1. The second-order valence-corrected chi connectivity index (χ2v) is 6.10. The molecule has 2 aromatic carbocycles. The number of halogens is 2. The third kappa shape index (κ3) is 4.24. The molecule has 0 unspecified atom stereocenters. The van der Waals surface area contributed by atoms with Gasteiger partial charge in [-0.2, -0.15) is 0 Å². The lowest BCUT2D eigenvalue weighted by Gasteiger charge is -2.04. The maximum atomic E-state index is 13.7. The van der Waals surface area contributed by atoms with E-state index in [0.29, 0.717) is 33.9 Å². The molecule has 0 radical (unpaired) electrons. The Balaban J connectivity index is 1.53. The van der Waals surface area contributed by atoms with E-state index in [2.05, 4.69) is 15.2 Å². The average Bonchev–Trinajstić information content (AvgIpc) is 3.01. The van der Waals surface area contributed by atoms with Gasteiger partial charge in [0.25, 0.3) is 0 Å². The Hall–Kier alpha value is -2.05. The molecule has 0 spiro atoms. The van der Waals surface area contributed by atoms with Crippen LogP contribution in [-0.4, -0.2) is 27.5 Å². The number of nitrogens with one attached hydrogen (secondary N) is 1. The van der Waals surface area contributed by atoms with Crippen LogP contribution < -0.4 is 4.74 Å². The SMILES string of the molecule is Fc1ccccc1-c1nc(SCCOc2cccc(Cl)c2)n[nH]1. The summed E-state index contributed by atoms with van der Waals surface area (Å²) in [5.41, 5.74) is 0.405. The molecule has 0 aliphatic rings. The fourth-order valence-corrected chi connectivity index (χ4v) is 2.73. The maximum absolute atomic E-state index is 13.7. The van der Waals surface area contributed by atoms with E-state index in [-0.39, 0.29) is 5.82 Å². The average molecular weight is 350 g/mol. The summed E-state index contributed by atoms with van der Waals surface area (Å²) >= 11 is 7.32. The topological polar surface area (TPSA) is 50.8 Å². The van der Waals surface area contributed by atoms with E-state index in [1.165, 1.54) is 17.8 Å². The van der Waals surface area contributed by atoms with Crippen molar-refractivity contribution in [1.29, 1.82) is 0 Å². The fourth-order valence-electron chi connectivity index (χ4n) is 1.93. The van der Waals surface area contributed by atoms with Gasteiger partial charge in [0.15, 0.2) is 5.82 Å². The van der Waals surface area contributed by atoms with Gasteiger partial charge in [0.1, 0.15) is 11.6 Å². The second-order valence-electron chi connectivity index (χ2n) is 4.60. The summed E-state index contributed by atoms with van der Waals surface area (Å²) in [6.07, 6.45) is 0. The number of aromatic nitrogens is 3. The van der Waals surface area contributed by atoms with E-state index in [0.717, 1.165) is 5.75 Å². The minimum Gasteiger partial charge on any atom is -0.493 e. The van der Waals surface area contributed by atoms with Crippen LogP contribution in [0.5, 0.6) is 5.75 Å². The van der Waals surface area contributed by atoms with Gasteiger partial charge in [-0.1, -0.05) is 41.6 Å². The molecule has 0 aliphatic heterocycles. The molecule has 0 aliphatic carbocycles. The molecule has 1 aromatic heterocycles. The zero-order valence-corrected chi connectivity index (χ0v) is 13.6. The Morgan fingerprint density at radius 2 is 2.04 bits per heavy atom. The standard InChI is InChI=1S/C16H13ClFN3OS/c17-11-4-3-5-12(10-11)22-8-9-23-16-19-15(20-21-16)13-6-1-2-7-14(13)18/h1-7,10H,8-9H2,(H,19,20,21). The predicted octanol–water partition coefficient (Wildman–Crippen LogP) is 4.44. The zero-order valence-electron chi connectivity index (χ0n) is 12.0. The molecule has 1 N–H and O–H groups in total. The molecule has 3 rings (SSSR count). The van der Waals surface area contributed by atoms with Crippen molar-refractivity contribution in [2.24, 2.45) is 0 Å². The van der Waals surface area contributed by atoms with E-state index in [1.54, 1.807) is 30.3 Å². The van der Waals surface area contributed by atoms with Crippen molar-refractivity contribution in [3.8, 4) is 17.1 Å². The molecule has 4 nitrogen and oxygen atoms in total. The van der Waals surface area contributed by atoms with E-state index >= 15 is 0 Å². The van der Waals surface area contributed by atoms with Crippen LogP contribution >= 0.6 is 23.4 Å². The van der Waals surface area contributed by atoms with Gasteiger partial charge in [-0.15, -0.1) is 5.10 Å². The van der Waals surface area contributed by atoms with Crippen LogP contribution in [0, 0.1) is 5.82 Å². The van der Waals surface area contributed by atoms with Crippen LogP contribution in [0.15, 0.2) is 53.7 Å². The number of nitrogens with zero attached hydrogens (tertiary/aromatic N) is 2. The van der Waals surface area contributed by atoms with Gasteiger partial charge in [-0.3, -0.25) is 5.10 Å². The van der Waals surface area contributed by atoms with Crippen LogP contribution in [0.25, 0.3) is 11.4 Å². The first-order valence-electron chi connectivity index (χ1n) is 6.91. The number of rotatable bonds is 6. The Labute approximate surface area is 142 Å². The van der Waals surface area contributed by atoms with Crippen molar-refractivity contribution in [2.45, 2.75) is 5.16 Å². The van der Waals surface area contributed by atoms with Gasteiger partial charge in [-0.05, 0) is 30.3 Å². The van der Waals surface area contributed by atoms with Gasteiger partial charge in [-0.25, -0.2) is 9.37 Å². The summed E-state index contributed by atoms with van der Waals surface area (Å²) in [5.74, 6) is 1.48. The summed E-state index contributed by atoms with van der Waals surface area (Å²) in [7, 11) is 0. The highest BCUT2D eigenvalue weighted by Gasteiger charge is 2.10. The van der Waals surface area contributed by atoms with Crippen LogP contribution in [0.1, 0.15) is 0 Å². The largest absolute Gasteiger partial charge is 0.493 e. The lowest BCUT2D eigenvalue weighted by molar-refractivity contribution is 0.344. The van der Waals surface area contributed by atoms with Gasteiger partial charge >= 0.3 is 0 Å². The van der Waals surface area contributed by atoms with Gasteiger partial charge in [0.05, 0.1) is 12.2 Å². The molecule has 0 saturated heterocycles. The van der Waals surface area contributed by atoms with Crippen LogP contribution in [0.2, 0.25) is 5.02 Å². The summed E-state index contributed by atoms with van der Waals surface area (Å²) in [5, 5.41) is 8.02. The van der Waals surface area contributed by atoms with E-state index < -0.39 is 0 Å². The van der Waals surface area contributed by atoms with Crippen molar-refractivity contribution in [1.82, 2.24) is 15.2 Å². The summed E-state index contributed by atoms with van der Waals surface area (Å²) < 4.78 is 19.3. The molecule has 1 heterocycles. The number of H-pyrrole nitrogens is 1. The number of benzene rings is 2. The molecular weight excluding hydrogens is 337 g/mol. The first-order valence-corrected chi connectivity index (χ1v) is 8.27. The number of thioether (sulfide) groups is 1. The Morgan fingerprint density at radius 3 is 2.87 bits per heavy atom. The second kappa shape index (κ2) is 7.48. The molecule has 0 fully saturated rings. The summed E-state index contributed by atoms with van der Waals surface area (Å²) in [6.45, 7) is 0.495. The van der Waals surface area contributed by atoms with Crippen molar-refractivity contribution >= 4 is 23.4 Å². The summed E-state index contributed by atoms with van der Waals surface area (Å²) in [6, 6.07) is 13.7. The molecule has 7 heteroatoms. The minimum absolute atomic E-state index is 0.329. The summed E-state index contributed by atoms with van der Waals surface area (Å²) in [4.78, 5) is 4.28. The van der Waals surface area contributed by atoms with E-state index in [4.69, 9.17) is 16.3 Å². The smallest absolute Gasteiger partial charge is 0.208 e. The molecule has 0 saturated carbocycles. The predicted molar refractivity (Wildman–Crippen MR) is 89.4 cm³/mol. The molecular formula is C16H13ClFN3OS. The van der Waals surface area contributed by atoms with Crippen LogP contribution in [0.4, 0.5) is 4.39 Å². The molecule has 0 atom stereocenters. The lowest BCUT2D eigenvalue weighted by atomic mass is 10.2. The van der Waals surface area contributed by atoms with Gasteiger partial charge in [0.2, 0.25) is 5.16 Å². The number of hydrogen-bond acceptors (Lipinski definition) is 4. The maximum Gasteiger partial charge on any atom is 0.208 e. The quantitative estimate of drug-likeness (QED) is 0.528. The first-order chi connectivity index (χ1) is 11.2. The normalized spacial score (nSPS) is 10.7. The molecule has 118 valence electrons. The van der Waals surface area contributed by atoms with Crippen molar-refractivity contribution < 1.29 is 9.13 Å². The van der Waals surface area contributed by atoms with Crippen LogP contribution in [0.3, 0.4) is 0 Å². The van der Waals surface area contributed by atoms with Crippen LogP contribution in [-0.2, 0) is 0 Å². The van der Waals surface area contributed by atoms with Crippen molar-refractivity contribution in [3.05, 3.63) is 59.4 Å². The highest BCUT2D eigenvalue weighted by molar-refractivity contribution is 7.99. The molecule has 0 bridgehead atoms. The Morgan fingerprint density at radius 1 is 1.17 bits per heavy atom. The molecule has 0 amide bonds. The number of ether oxygens (including phenoxy) is 1. The Kier molecular flexibility index (Phi) is 5.15. The fraction of sp³-hybridized carbons (Fsp3) is 0.125. The highest BCUT2D eigenvalue weighted by atomic mass is 35.5. The third-order valence-electron chi connectivity index (χ3n) is 2.97. The monoisotopic (exact) mass is 349 g/mol. The molecule has 23 heavy (non-hydrogen) atoms. The zero-order chi connectivity index (χ0) is 16.1. The minimum atomic E-state index is -0.329. The third-order valence-corrected chi connectivity index (χ3v) is 4.02. The van der Waals surface area contributed by atoms with Gasteiger partial charge < -0.3 is 4.74 Å². The lowest BCUT2D eigenvalue weighted by Crippen LogP contribution is -2.00. The molecule has 3 aromatic rings. The van der Waals surface area contributed by atoms with E-state index in [1.807, 2.05) is 12.1 Å². The Bertz CT molecular complexity index is 796.